The molecule has 0 saturated carbocycles. The zero-order valence-electron chi connectivity index (χ0n) is 7.22. The van der Waals surface area contributed by atoms with Gasteiger partial charge < -0.3 is 11.5 Å². The Morgan fingerprint density at radius 3 is 2.43 bits per heavy atom. The fourth-order valence-electron chi connectivity index (χ4n) is 1.46. The quantitative estimate of drug-likeness (QED) is 0.632. The minimum absolute atomic E-state index is 0.112. The largest absolute Gasteiger partial charge is 0.398 e. The van der Waals surface area contributed by atoms with Crippen LogP contribution in [0.2, 0.25) is 0 Å². The molecule has 0 saturated heterocycles. The van der Waals surface area contributed by atoms with E-state index in [1.807, 2.05) is 0 Å². The van der Waals surface area contributed by atoms with E-state index >= 15 is 0 Å². The first-order valence-electron chi connectivity index (χ1n) is 4.03. The molecule has 0 aromatic heterocycles. The third-order valence-electron chi connectivity index (χ3n) is 2.13. The Hall–Kier alpha value is -1.84. The molecule has 72 valence electrons. The summed E-state index contributed by atoms with van der Waals surface area (Å²) < 4.78 is 26.3. The molecule has 0 aliphatic carbocycles. The number of hydrogen-bond donors (Lipinski definition) is 2. The second-order valence-electron chi connectivity index (χ2n) is 3.02. The van der Waals surface area contributed by atoms with Gasteiger partial charge in [-0.1, -0.05) is 12.1 Å². The maximum Gasteiger partial charge on any atom is 0.149 e. The van der Waals surface area contributed by atoms with E-state index in [-0.39, 0.29) is 22.1 Å². The summed E-state index contributed by atoms with van der Waals surface area (Å²) in [5, 5.41) is 0.480. The van der Waals surface area contributed by atoms with E-state index < -0.39 is 11.6 Å². The molecule has 4 N–H and O–H groups in total. The molecular weight excluding hydrogens is 186 g/mol. The van der Waals surface area contributed by atoms with Crippen molar-refractivity contribution in [2.75, 3.05) is 11.5 Å². The van der Waals surface area contributed by atoms with Gasteiger partial charge in [-0.25, -0.2) is 8.78 Å². The van der Waals surface area contributed by atoms with Crippen LogP contribution in [-0.4, -0.2) is 0 Å². The van der Waals surface area contributed by atoms with Crippen LogP contribution in [0.25, 0.3) is 10.8 Å². The zero-order chi connectivity index (χ0) is 10.3. The lowest BCUT2D eigenvalue weighted by Crippen LogP contribution is -1.97. The van der Waals surface area contributed by atoms with Gasteiger partial charge in [-0.15, -0.1) is 0 Å². The summed E-state index contributed by atoms with van der Waals surface area (Å²) >= 11 is 0. The van der Waals surface area contributed by atoms with Crippen molar-refractivity contribution in [2.24, 2.45) is 0 Å². The Labute approximate surface area is 79.1 Å². The Bertz CT molecular complexity index is 509. The highest BCUT2D eigenvalue weighted by molar-refractivity contribution is 6.01. The molecule has 0 atom stereocenters. The topological polar surface area (TPSA) is 52.0 Å². The summed E-state index contributed by atoms with van der Waals surface area (Å²) in [4.78, 5) is 0. The van der Waals surface area contributed by atoms with Gasteiger partial charge in [0.1, 0.15) is 11.6 Å². The van der Waals surface area contributed by atoms with Crippen LogP contribution < -0.4 is 11.5 Å². The Morgan fingerprint density at radius 2 is 1.71 bits per heavy atom. The maximum absolute atomic E-state index is 13.3. The lowest BCUT2D eigenvalue weighted by atomic mass is 10.1. The first-order chi connectivity index (χ1) is 6.61. The summed E-state index contributed by atoms with van der Waals surface area (Å²) in [6, 6.07) is 5.42. The molecule has 2 aromatic carbocycles. The highest BCUT2D eigenvalue weighted by Crippen LogP contribution is 2.30. The first kappa shape index (κ1) is 8.74. The Balaban J connectivity index is 3.03. The first-order valence-corrected chi connectivity index (χ1v) is 4.03. The zero-order valence-corrected chi connectivity index (χ0v) is 7.22. The van der Waals surface area contributed by atoms with Gasteiger partial charge in [0, 0.05) is 22.5 Å². The molecule has 2 rings (SSSR count). The normalized spacial score (nSPS) is 10.7. The standard InChI is InChI=1S/C10H8F2N2/c11-6-4-7(12)10(14)9-5(6)2-1-3-8(9)13/h1-4H,13-14H2. The van der Waals surface area contributed by atoms with Crippen LogP contribution in [0, 0.1) is 11.6 Å². The van der Waals surface area contributed by atoms with Gasteiger partial charge in [0.2, 0.25) is 0 Å². The average molecular weight is 194 g/mol. The van der Waals surface area contributed by atoms with Crippen LogP contribution >= 0.6 is 0 Å². The van der Waals surface area contributed by atoms with Crippen LogP contribution in [0.15, 0.2) is 24.3 Å². The van der Waals surface area contributed by atoms with Gasteiger partial charge in [-0.3, -0.25) is 0 Å². The summed E-state index contributed by atoms with van der Waals surface area (Å²) in [6.45, 7) is 0. The summed E-state index contributed by atoms with van der Waals surface area (Å²) in [7, 11) is 0. The van der Waals surface area contributed by atoms with E-state index in [0.29, 0.717) is 0 Å². The van der Waals surface area contributed by atoms with Gasteiger partial charge in [0.05, 0.1) is 5.69 Å². The number of halogens is 2. The highest BCUT2D eigenvalue weighted by atomic mass is 19.1. The van der Waals surface area contributed by atoms with Crippen LogP contribution in [0.4, 0.5) is 20.2 Å². The minimum atomic E-state index is -0.784. The fraction of sp³-hybridized carbons (Fsp3) is 0. The number of nitrogens with two attached hydrogens (primary N) is 2. The van der Waals surface area contributed by atoms with Gasteiger partial charge in [0.15, 0.2) is 0 Å². The summed E-state index contributed by atoms with van der Waals surface area (Å²) in [6.07, 6.45) is 0. The van der Waals surface area contributed by atoms with Crippen molar-refractivity contribution in [1.82, 2.24) is 0 Å². The summed E-state index contributed by atoms with van der Waals surface area (Å²) in [5.41, 5.74) is 11.2. The Morgan fingerprint density at radius 1 is 1.00 bits per heavy atom. The second-order valence-corrected chi connectivity index (χ2v) is 3.02. The number of fused-ring (bicyclic) bond motifs is 1. The molecule has 0 spiro atoms. The number of rotatable bonds is 0. The Kier molecular flexibility index (Phi) is 1.77. The molecule has 0 aliphatic heterocycles. The second kappa shape index (κ2) is 2.83. The van der Waals surface area contributed by atoms with E-state index in [9.17, 15) is 8.78 Å². The van der Waals surface area contributed by atoms with Gasteiger partial charge in [-0.05, 0) is 6.07 Å². The van der Waals surface area contributed by atoms with Crippen molar-refractivity contribution in [3.05, 3.63) is 35.9 Å². The average Bonchev–Trinajstić information content (AvgIpc) is 2.14. The molecule has 0 aliphatic rings. The molecular formula is C10H8F2N2. The van der Waals surface area contributed by atoms with E-state index in [0.717, 1.165) is 6.07 Å². The number of nitrogen functional groups attached to an aromatic ring is 2. The van der Waals surface area contributed by atoms with Crippen molar-refractivity contribution in [1.29, 1.82) is 0 Å². The van der Waals surface area contributed by atoms with Crippen molar-refractivity contribution < 1.29 is 8.78 Å². The van der Waals surface area contributed by atoms with Crippen LogP contribution in [0.1, 0.15) is 0 Å². The minimum Gasteiger partial charge on any atom is -0.398 e. The number of benzene rings is 2. The SMILES string of the molecule is Nc1cccc2c(F)cc(F)c(N)c12. The van der Waals surface area contributed by atoms with Crippen molar-refractivity contribution in [2.45, 2.75) is 0 Å². The van der Waals surface area contributed by atoms with Crippen molar-refractivity contribution in [3.63, 3.8) is 0 Å². The number of anilines is 2. The number of hydrogen-bond acceptors (Lipinski definition) is 2. The highest BCUT2D eigenvalue weighted by Gasteiger charge is 2.11. The van der Waals surface area contributed by atoms with Crippen LogP contribution in [-0.2, 0) is 0 Å². The van der Waals surface area contributed by atoms with Gasteiger partial charge in [0.25, 0.3) is 0 Å². The molecule has 0 radical (unpaired) electrons. The van der Waals surface area contributed by atoms with Crippen LogP contribution in [0.5, 0.6) is 0 Å². The molecule has 0 unspecified atom stereocenters. The molecule has 2 aromatic rings. The monoisotopic (exact) mass is 194 g/mol. The molecule has 0 heterocycles. The molecule has 4 heteroatoms. The molecule has 14 heavy (non-hydrogen) atoms. The molecule has 0 bridgehead atoms. The molecule has 0 fully saturated rings. The fourth-order valence-corrected chi connectivity index (χ4v) is 1.46. The van der Waals surface area contributed by atoms with E-state index in [1.54, 1.807) is 12.1 Å². The van der Waals surface area contributed by atoms with Gasteiger partial charge >= 0.3 is 0 Å². The smallest absolute Gasteiger partial charge is 0.149 e. The van der Waals surface area contributed by atoms with Crippen molar-refractivity contribution in [3.8, 4) is 0 Å². The van der Waals surface area contributed by atoms with E-state index in [1.165, 1.54) is 6.07 Å². The predicted octanol–water partition coefficient (Wildman–Crippen LogP) is 2.28. The molecule has 0 amide bonds. The lowest BCUT2D eigenvalue weighted by molar-refractivity contribution is 0.595. The predicted molar refractivity (Wildman–Crippen MR) is 52.7 cm³/mol. The van der Waals surface area contributed by atoms with E-state index in [4.69, 9.17) is 11.5 Å². The van der Waals surface area contributed by atoms with Crippen molar-refractivity contribution >= 4 is 22.1 Å². The summed E-state index contributed by atoms with van der Waals surface area (Å²) in [5.74, 6) is -1.44. The van der Waals surface area contributed by atoms with Crippen LogP contribution in [0.3, 0.4) is 0 Å². The van der Waals surface area contributed by atoms with Gasteiger partial charge in [-0.2, -0.15) is 0 Å². The van der Waals surface area contributed by atoms with E-state index in [2.05, 4.69) is 0 Å². The lowest BCUT2D eigenvalue weighted by Gasteiger charge is -2.06. The third kappa shape index (κ3) is 1.08. The molecule has 2 nitrogen and oxygen atoms in total. The maximum atomic E-state index is 13.3. The third-order valence-corrected chi connectivity index (χ3v) is 2.13.